The van der Waals surface area contributed by atoms with Gasteiger partial charge in [-0.2, -0.15) is 11.8 Å². The molecule has 88 valence electrons. The lowest BCUT2D eigenvalue weighted by Gasteiger charge is -2.40. The molecule has 1 saturated carbocycles. The Labute approximate surface area is 109 Å². The van der Waals surface area contributed by atoms with Crippen LogP contribution in [0.3, 0.4) is 0 Å². The zero-order valence-electron chi connectivity index (χ0n) is 9.59. The van der Waals surface area contributed by atoms with Gasteiger partial charge >= 0.3 is 0 Å². The minimum Gasteiger partial charge on any atom is -0.369 e. The van der Waals surface area contributed by atoms with Crippen LogP contribution in [0.5, 0.6) is 0 Å². The second-order valence-electron chi connectivity index (χ2n) is 4.22. The van der Waals surface area contributed by atoms with E-state index in [0.717, 1.165) is 22.8 Å². The van der Waals surface area contributed by atoms with Crippen molar-refractivity contribution in [2.45, 2.75) is 30.9 Å². The average molecular weight is 302 g/mol. The first kappa shape index (κ1) is 12.2. The number of rotatable bonds is 4. The molecule has 2 rings (SSSR count). The van der Waals surface area contributed by atoms with Gasteiger partial charge in [-0.15, -0.1) is 0 Å². The number of hydrogen-bond acceptors (Lipinski definition) is 4. The van der Waals surface area contributed by atoms with Crippen LogP contribution in [0.2, 0.25) is 0 Å². The van der Waals surface area contributed by atoms with Crippen LogP contribution in [0.1, 0.15) is 25.1 Å². The molecular formula is C11H16BrN3S. The number of nitrogens with zero attached hydrogens (tertiary/aromatic N) is 2. The highest BCUT2D eigenvalue weighted by atomic mass is 79.9. The third kappa shape index (κ3) is 2.69. The number of hydrogen-bond donors (Lipinski definition) is 1. The molecule has 16 heavy (non-hydrogen) atoms. The molecule has 3 nitrogen and oxygen atoms in total. The van der Waals surface area contributed by atoms with E-state index in [2.05, 4.69) is 37.5 Å². The first-order chi connectivity index (χ1) is 7.63. The summed E-state index contributed by atoms with van der Waals surface area (Å²) >= 11 is 5.35. The lowest BCUT2D eigenvalue weighted by molar-refractivity contribution is 0.379. The minimum absolute atomic E-state index is 0.436. The molecule has 0 aliphatic heterocycles. The van der Waals surface area contributed by atoms with Gasteiger partial charge in [-0.05, 0) is 42.0 Å². The van der Waals surface area contributed by atoms with Gasteiger partial charge in [0.25, 0.3) is 0 Å². The highest BCUT2D eigenvalue weighted by Gasteiger charge is 2.35. The minimum atomic E-state index is 0.436. The van der Waals surface area contributed by atoms with E-state index in [1.54, 1.807) is 0 Å². The Hall–Kier alpha value is -0.290. The smallest absolute Gasteiger partial charge is 0.130 e. The Kier molecular flexibility index (Phi) is 3.74. The van der Waals surface area contributed by atoms with Crippen LogP contribution in [0, 0.1) is 6.92 Å². The SMILES string of the molecule is CSC1(CNc2cc(Br)nc(C)n2)CCC1. The second kappa shape index (κ2) is 4.92. The molecular weight excluding hydrogens is 286 g/mol. The summed E-state index contributed by atoms with van der Waals surface area (Å²) in [6, 6.07) is 1.93. The normalized spacial score (nSPS) is 17.9. The zero-order valence-corrected chi connectivity index (χ0v) is 12.0. The predicted molar refractivity (Wildman–Crippen MR) is 73.1 cm³/mol. The fraction of sp³-hybridized carbons (Fsp3) is 0.636. The van der Waals surface area contributed by atoms with Gasteiger partial charge in [-0.3, -0.25) is 0 Å². The van der Waals surface area contributed by atoms with Crippen molar-refractivity contribution in [1.82, 2.24) is 9.97 Å². The van der Waals surface area contributed by atoms with Crippen LogP contribution in [-0.4, -0.2) is 27.5 Å². The van der Waals surface area contributed by atoms with Gasteiger partial charge in [0.1, 0.15) is 16.2 Å². The van der Waals surface area contributed by atoms with Gasteiger partial charge < -0.3 is 5.32 Å². The van der Waals surface area contributed by atoms with Gasteiger partial charge in [0.2, 0.25) is 0 Å². The summed E-state index contributed by atoms with van der Waals surface area (Å²) in [6.07, 6.45) is 6.18. The lowest BCUT2D eigenvalue weighted by atomic mass is 9.84. The van der Waals surface area contributed by atoms with Crippen molar-refractivity contribution in [3.8, 4) is 0 Å². The highest BCUT2D eigenvalue weighted by Crippen LogP contribution is 2.42. The van der Waals surface area contributed by atoms with E-state index in [1.807, 2.05) is 24.8 Å². The molecule has 1 aliphatic rings. The summed E-state index contributed by atoms with van der Waals surface area (Å²) in [6.45, 7) is 2.90. The van der Waals surface area contributed by atoms with E-state index in [-0.39, 0.29) is 0 Å². The highest BCUT2D eigenvalue weighted by molar-refractivity contribution is 9.10. The maximum absolute atomic E-state index is 4.37. The largest absolute Gasteiger partial charge is 0.369 e. The van der Waals surface area contributed by atoms with E-state index >= 15 is 0 Å². The van der Waals surface area contributed by atoms with E-state index < -0.39 is 0 Å². The molecule has 1 aromatic rings. The van der Waals surface area contributed by atoms with E-state index in [4.69, 9.17) is 0 Å². The van der Waals surface area contributed by atoms with Crippen LogP contribution in [0.4, 0.5) is 5.82 Å². The molecule has 0 saturated heterocycles. The molecule has 0 aromatic carbocycles. The molecule has 1 N–H and O–H groups in total. The van der Waals surface area contributed by atoms with Crippen molar-refractivity contribution < 1.29 is 0 Å². The second-order valence-corrected chi connectivity index (χ2v) is 6.30. The van der Waals surface area contributed by atoms with Gasteiger partial charge in [0.15, 0.2) is 0 Å². The number of nitrogens with one attached hydrogen (secondary N) is 1. The number of aromatic nitrogens is 2. The Morgan fingerprint density at radius 2 is 2.25 bits per heavy atom. The van der Waals surface area contributed by atoms with Gasteiger partial charge in [-0.25, -0.2) is 9.97 Å². The van der Waals surface area contributed by atoms with Crippen molar-refractivity contribution in [3.05, 3.63) is 16.5 Å². The number of anilines is 1. The molecule has 0 amide bonds. The fourth-order valence-electron chi connectivity index (χ4n) is 1.90. The Morgan fingerprint density at radius 1 is 1.50 bits per heavy atom. The maximum atomic E-state index is 4.37. The van der Waals surface area contributed by atoms with Gasteiger partial charge in [-0.1, -0.05) is 6.42 Å². The first-order valence-electron chi connectivity index (χ1n) is 5.44. The van der Waals surface area contributed by atoms with Crippen LogP contribution in [-0.2, 0) is 0 Å². The van der Waals surface area contributed by atoms with Crippen molar-refractivity contribution >= 4 is 33.5 Å². The molecule has 1 fully saturated rings. The molecule has 1 aliphatic carbocycles. The third-order valence-electron chi connectivity index (χ3n) is 3.10. The monoisotopic (exact) mass is 301 g/mol. The first-order valence-corrected chi connectivity index (χ1v) is 7.46. The maximum Gasteiger partial charge on any atom is 0.130 e. The summed E-state index contributed by atoms with van der Waals surface area (Å²) in [5, 5.41) is 3.42. The molecule has 0 unspecified atom stereocenters. The Bertz CT molecular complexity index is 354. The van der Waals surface area contributed by atoms with Crippen LogP contribution < -0.4 is 5.32 Å². The van der Waals surface area contributed by atoms with E-state index in [9.17, 15) is 0 Å². The van der Waals surface area contributed by atoms with Crippen LogP contribution >= 0.6 is 27.7 Å². The predicted octanol–water partition coefficient (Wildman–Crippen LogP) is 3.25. The van der Waals surface area contributed by atoms with E-state index in [0.29, 0.717) is 4.75 Å². The standard InChI is InChI=1S/C11H16BrN3S/c1-8-14-9(12)6-10(15-8)13-7-11(16-2)4-3-5-11/h6H,3-5,7H2,1-2H3,(H,13,14,15). The quantitative estimate of drug-likeness (QED) is 0.867. The van der Waals surface area contributed by atoms with Crippen molar-refractivity contribution in [3.63, 3.8) is 0 Å². The number of thioether (sulfide) groups is 1. The number of aryl methyl sites for hydroxylation is 1. The molecule has 1 heterocycles. The van der Waals surface area contributed by atoms with Crippen LogP contribution in [0.15, 0.2) is 10.7 Å². The fourth-order valence-corrected chi connectivity index (χ4v) is 3.28. The lowest BCUT2D eigenvalue weighted by Crippen LogP contribution is -2.40. The van der Waals surface area contributed by atoms with Crippen LogP contribution in [0.25, 0.3) is 0 Å². The van der Waals surface area contributed by atoms with Gasteiger partial charge in [0.05, 0.1) is 0 Å². The Morgan fingerprint density at radius 3 is 2.75 bits per heavy atom. The summed E-state index contributed by atoms with van der Waals surface area (Å²) in [7, 11) is 0. The summed E-state index contributed by atoms with van der Waals surface area (Å²) in [5.74, 6) is 1.71. The zero-order chi connectivity index (χ0) is 11.6. The molecule has 0 radical (unpaired) electrons. The Balaban J connectivity index is 1.98. The molecule has 0 spiro atoms. The molecule has 1 aromatic heterocycles. The summed E-state index contributed by atoms with van der Waals surface area (Å²) in [4.78, 5) is 8.56. The van der Waals surface area contributed by atoms with Crippen molar-refractivity contribution in [2.24, 2.45) is 0 Å². The van der Waals surface area contributed by atoms with Gasteiger partial charge in [0, 0.05) is 17.4 Å². The van der Waals surface area contributed by atoms with Crippen molar-refractivity contribution in [1.29, 1.82) is 0 Å². The van der Waals surface area contributed by atoms with E-state index in [1.165, 1.54) is 19.3 Å². The topological polar surface area (TPSA) is 37.8 Å². The average Bonchev–Trinajstić information content (AvgIpc) is 2.15. The van der Waals surface area contributed by atoms with Crippen molar-refractivity contribution in [2.75, 3.05) is 18.1 Å². The molecule has 0 atom stereocenters. The third-order valence-corrected chi connectivity index (χ3v) is 4.92. The summed E-state index contributed by atoms with van der Waals surface area (Å²) < 4.78 is 1.28. The number of halogens is 1. The molecule has 0 bridgehead atoms. The molecule has 5 heteroatoms. The summed E-state index contributed by atoms with van der Waals surface area (Å²) in [5.41, 5.74) is 0.